The zero-order valence-corrected chi connectivity index (χ0v) is 16.9. The van der Waals surface area contributed by atoms with Gasteiger partial charge in [0.05, 0.1) is 20.2 Å². The lowest BCUT2D eigenvalue weighted by Crippen LogP contribution is -2.49. The Bertz CT molecular complexity index is 593. The van der Waals surface area contributed by atoms with E-state index in [0.29, 0.717) is 19.6 Å². The van der Waals surface area contributed by atoms with Crippen LogP contribution in [0.15, 0.2) is 27.7 Å². The zero-order chi connectivity index (χ0) is 18.9. The Hall–Kier alpha value is -1.41. The van der Waals surface area contributed by atoms with Gasteiger partial charge in [0.1, 0.15) is 5.75 Å². The molecule has 0 atom stereocenters. The predicted molar refractivity (Wildman–Crippen MR) is 104 cm³/mol. The Kier molecular flexibility index (Phi) is 8.58. The van der Waals surface area contributed by atoms with Crippen molar-refractivity contribution in [1.29, 1.82) is 0 Å². The molecule has 26 heavy (non-hydrogen) atoms. The van der Waals surface area contributed by atoms with E-state index in [0.717, 1.165) is 41.1 Å². The van der Waals surface area contributed by atoms with Gasteiger partial charge >= 0.3 is 0 Å². The third-order valence-corrected chi connectivity index (χ3v) is 4.81. The van der Waals surface area contributed by atoms with Gasteiger partial charge in [0.2, 0.25) is 0 Å². The number of benzene rings is 1. The average Bonchev–Trinajstić information content (AvgIpc) is 2.61. The van der Waals surface area contributed by atoms with E-state index in [1.54, 1.807) is 7.11 Å². The molecule has 2 N–H and O–H groups in total. The third-order valence-electron chi connectivity index (χ3n) is 4.32. The van der Waals surface area contributed by atoms with Crippen molar-refractivity contribution in [2.24, 2.45) is 4.99 Å². The normalized spacial score (nSPS) is 16.8. The van der Waals surface area contributed by atoms with E-state index < -0.39 is 6.43 Å². The highest BCUT2D eigenvalue weighted by atomic mass is 79.9. The minimum atomic E-state index is -2.27. The topological polar surface area (TPSA) is 48.9 Å². The van der Waals surface area contributed by atoms with E-state index in [1.165, 1.54) is 0 Å². The first-order valence-electron chi connectivity index (χ1n) is 8.89. The van der Waals surface area contributed by atoms with Crippen molar-refractivity contribution < 1.29 is 13.5 Å². The number of aliphatic imine (C=N–C) groups is 1. The molecule has 1 aromatic carbocycles. The number of hydrogen-bond acceptors (Lipinski definition) is 3. The van der Waals surface area contributed by atoms with Gasteiger partial charge in [0, 0.05) is 35.7 Å². The number of methoxy groups -OCH3 is 1. The van der Waals surface area contributed by atoms with Crippen molar-refractivity contribution in [1.82, 2.24) is 15.5 Å². The van der Waals surface area contributed by atoms with Crippen molar-refractivity contribution in [2.45, 2.75) is 38.8 Å². The Morgan fingerprint density at radius 3 is 2.73 bits per heavy atom. The Morgan fingerprint density at radius 1 is 1.38 bits per heavy atom. The van der Waals surface area contributed by atoms with Gasteiger partial charge in [-0.2, -0.15) is 0 Å². The summed E-state index contributed by atoms with van der Waals surface area (Å²) in [5.41, 5.74) is 0.992. The van der Waals surface area contributed by atoms with Crippen molar-refractivity contribution in [2.75, 3.05) is 33.3 Å². The molecule has 0 bridgehead atoms. The second kappa shape index (κ2) is 10.7. The molecule has 0 aliphatic carbocycles. The first-order chi connectivity index (χ1) is 12.5. The summed E-state index contributed by atoms with van der Waals surface area (Å²) in [5.74, 6) is 1.54. The van der Waals surface area contributed by atoms with Crippen LogP contribution in [0.2, 0.25) is 0 Å². The van der Waals surface area contributed by atoms with Gasteiger partial charge in [0.25, 0.3) is 6.43 Å². The summed E-state index contributed by atoms with van der Waals surface area (Å²) in [6.07, 6.45) is -0.604. The molecular formula is C18H27BrF2N4O. The van der Waals surface area contributed by atoms with Gasteiger partial charge in [-0.3, -0.25) is 4.90 Å². The maximum absolute atomic E-state index is 12.5. The monoisotopic (exact) mass is 432 g/mol. The molecule has 1 aromatic rings. The molecule has 0 spiro atoms. The van der Waals surface area contributed by atoms with Gasteiger partial charge in [-0.25, -0.2) is 13.8 Å². The molecule has 8 heteroatoms. The van der Waals surface area contributed by atoms with Crippen LogP contribution in [0.4, 0.5) is 8.78 Å². The molecule has 1 saturated heterocycles. The third kappa shape index (κ3) is 6.72. The van der Waals surface area contributed by atoms with Crippen LogP contribution in [0.3, 0.4) is 0 Å². The molecule has 1 fully saturated rings. The molecule has 146 valence electrons. The Morgan fingerprint density at radius 2 is 2.12 bits per heavy atom. The molecule has 1 aliphatic rings. The van der Waals surface area contributed by atoms with Gasteiger partial charge in [0.15, 0.2) is 5.96 Å². The Labute approximate surface area is 162 Å². The summed E-state index contributed by atoms with van der Waals surface area (Å²) in [6, 6.07) is 6.08. The van der Waals surface area contributed by atoms with Gasteiger partial charge < -0.3 is 15.4 Å². The van der Waals surface area contributed by atoms with Crippen LogP contribution in [-0.2, 0) is 6.54 Å². The largest absolute Gasteiger partial charge is 0.496 e. The number of hydrogen-bond donors (Lipinski definition) is 2. The zero-order valence-electron chi connectivity index (χ0n) is 15.3. The first kappa shape index (κ1) is 20.9. The predicted octanol–water partition coefficient (Wildman–Crippen LogP) is 3.24. The number of ether oxygens (including phenoxy) is 1. The standard InChI is InChI=1S/C18H27BrF2N4O/c1-3-22-18(23-11-13-10-14(19)4-5-16(13)26-2)24-15-6-8-25(9-7-15)12-17(20)21/h4-5,10,15,17H,3,6-9,11-12H2,1-2H3,(H2,22,23,24). The van der Waals surface area contributed by atoms with Crippen molar-refractivity contribution in [3.63, 3.8) is 0 Å². The Balaban J connectivity index is 1.94. The van der Waals surface area contributed by atoms with Crippen LogP contribution in [0.25, 0.3) is 0 Å². The smallest absolute Gasteiger partial charge is 0.251 e. The minimum Gasteiger partial charge on any atom is -0.496 e. The van der Waals surface area contributed by atoms with Crippen molar-refractivity contribution in [3.05, 3.63) is 28.2 Å². The summed E-state index contributed by atoms with van der Waals surface area (Å²) in [6.45, 7) is 4.49. The fraction of sp³-hybridized carbons (Fsp3) is 0.611. The van der Waals surface area contributed by atoms with Gasteiger partial charge in [-0.05, 0) is 38.0 Å². The highest BCUT2D eigenvalue weighted by Gasteiger charge is 2.22. The number of nitrogens with one attached hydrogen (secondary N) is 2. The summed E-state index contributed by atoms with van der Waals surface area (Å²) in [5, 5.41) is 6.67. The number of likely N-dealkylation sites (tertiary alicyclic amines) is 1. The number of guanidine groups is 1. The number of nitrogens with zero attached hydrogens (tertiary/aromatic N) is 2. The highest BCUT2D eigenvalue weighted by Crippen LogP contribution is 2.23. The molecular weight excluding hydrogens is 406 g/mol. The van der Waals surface area contributed by atoms with E-state index in [9.17, 15) is 8.78 Å². The fourth-order valence-electron chi connectivity index (χ4n) is 3.00. The average molecular weight is 433 g/mol. The summed E-state index contributed by atoms with van der Waals surface area (Å²) in [7, 11) is 1.65. The van der Waals surface area contributed by atoms with Crippen LogP contribution in [0, 0.1) is 0 Å². The number of alkyl halides is 2. The number of rotatable bonds is 7. The molecule has 0 saturated carbocycles. The first-order valence-corrected chi connectivity index (χ1v) is 9.68. The van der Waals surface area contributed by atoms with Crippen LogP contribution in [0.5, 0.6) is 5.75 Å². The van der Waals surface area contributed by atoms with Crippen LogP contribution in [-0.4, -0.2) is 56.6 Å². The molecule has 0 amide bonds. The lowest BCUT2D eigenvalue weighted by molar-refractivity contribution is 0.0744. The lowest BCUT2D eigenvalue weighted by atomic mass is 10.1. The van der Waals surface area contributed by atoms with E-state index in [-0.39, 0.29) is 12.6 Å². The maximum atomic E-state index is 12.5. The minimum absolute atomic E-state index is 0.135. The maximum Gasteiger partial charge on any atom is 0.251 e. The van der Waals surface area contributed by atoms with Crippen molar-refractivity contribution >= 4 is 21.9 Å². The SMILES string of the molecule is CCNC(=NCc1cc(Br)ccc1OC)NC1CCN(CC(F)F)CC1. The summed E-state index contributed by atoms with van der Waals surface area (Å²) < 4.78 is 31.3. The summed E-state index contributed by atoms with van der Waals surface area (Å²) >= 11 is 3.47. The quantitative estimate of drug-likeness (QED) is 0.512. The van der Waals surface area contributed by atoms with Crippen LogP contribution >= 0.6 is 15.9 Å². The fourth-order valence-corrected chi connectivity index (χ4v) is 3.41. The van der Waals surface area contributed by atoms with E-state index in [2.05, 4.69) is 31.6 Å². The summed E-state index contributed by atoms with van der Waals surface area (Å²) in [4.78, 5) is 6.47. The molecule has 1 heterocycles. The van der Waals surface area contributed by atoms with E-state index >= 15 is 0 Å². The number of halogens is 3. The second-order valence-corrected chi connectivity index (χ2v) is 7.18. The molecule has 0 unspecified atom stereocenters. The highest BCUT2D eigenvalue weighted by molar-refractivity contribution is 9.10. The molecule has 0 aromatic heterocycles. The molecule has 1 aliphatic heterocycles. The molecule has 2 rings (SSSR count). The molecule has 5 nitrogen and oxygen atoms in total. The van der Waals surface area contributed by atoms with Crippen LogP contribution < -0.4 is 15.4 Å². The number of piperidine rings is 1. The van der Waals surface area contributed by atoms with Crippen LogP contribution in [0.1, 0.15) is 25.3 Å². The second-order valence-electron chi connectivity index (χ2n) is 6.26. The van der Waals surface area contributed by atoms with Gasteiger partial charge in [-0.1, -0.05) is 15.9 Å². The lowest BCUT2D eigenvalue weighted by Gasteiger charge is -2.32. The van der Waals surface area contributed by atoms with Crippen molar-refractivity contribution in [3.8, 4) is 5.75 Å². The van der Waals surface area contributed by atoms with E-state index in [1.807, 2.05) is 30.0 Å². The molecule has 0 radical (unpaired) electrons. The van der Waals surface area contributed by atoms with Gasteiger partial charge in [-0.15, -0.1) is 0 Å². The van der Waals surface area contributed by atoms with E-state index in [4.69, 9.17) is 4.74 Å².